The summed E-state index contributed by atoms with van der Waals surface area (Å²) in [4.78, 5) is 6.88. The summed E-state index contributed by atoms with van der Waals surface area (Å²) in [6, 6.07) is 5.49. The van der Waals surface area contributed by atoms with Crippen LogP contribution in [-0.2, 0) is 16.4 Å². The maximum absolute atomic E-state index is 12.4. The van der Waals surface area contributed by atoms with Crippen LogP contribution in [0.4, 0.5) is 5.69 Å². The van der Waals surface area contributed by atoms with Crippen molar-refractivity contribution in [3.05, 3.63) is 41.6 Å². The van der Waals surface area contributed by atoms with Gasteiger partial charge in [0.05, 0.1) is 16.8 Å². The fourth-order valence-corrected chi connectivity index (χ4v) is 3.33. The number of nitrogens with one attached hydrogen (secondary N) is 2. The van der Waals surface area contributed by atoms with Crippen molar-refractivity contribution in [1.29, 1.82) is 5.26 Å². The van der Waals surface area contributed by atoms with Crippen molar-refractivity contribution in [2.75, 3.05) is 4.72 Å². The molecule has 2 aromatic heterocycles. The van der Waals surface area contributed by atoms with Crippen molar-refractivity contribution in [2.24, 2.45) is 0 Å². The molecule has 0 radical (unpaired) electrons. The minimum absolute atomic E-state index is 0.171. The van der Waals surface area contributed by atoms with Crippen molar-refractivity contribution in [3.63, 3.8) is 0 Å². The molecule has 0 bridgehead atoms. The van der Waals surface area contributed by atoms with E-state index in [0.29, 0.717) is 34.5 Å². The largest absolute Gasteiger partial charge is 0.448 e. The number of H-pyrrole nitrogens is 1. The van der Waals surface area contributed by atoms with Gasteiger partial charge in [0.2, 0.25) is 5.03 Å². The Morgan fingerprint density at radius 2 is 2.22 bits per heavy atom. The summed E-state index contributed by atoms with van der Waals surface area (Å²) in [5.41, 5.74) is 2.26. The number of nitrogens with zero attached hydrogens (tertiary/aromatic N) is 2. The molecule has 0 aliphatic rings. The van der Waals surface area contributed by atoms with E-state index in [1.807, 2.05) is 13.8 Å². The zero-order chi connectivity index (χ0) is 16.6. The number of sulfonamides is 1. The average molecular weight is 330 g/mol. The topological polar surface area (TPSA) is 112 Å². The Hall–Kier alpha value is -2.79. The van der Waals surface area contributed by atoms with Crippen molar-refractivity contribution in [2.45, 2.75) is 25.3 Å². The van der Waals surface area contributed by atoms with Gasteiger partial charge in [0.15, 0.2) is 5.89 Å². The lowest BCUT2D eigenvalue weighted by molar-refractivity contribution is 0.500. The number of aromatic nitrogens is 2. The van der Waals surface area contributed by atoms with Crippen LogP contribution >= 0.6 is 0 Å². The molecule has 8 heteroatoms. The van der Waals surface area contributed by atoms with Gasteiger partial charge < -0.3 is 9.40 Å². The molecular formula is C15H14N4O3S. The number of anilines is 1. The molecular weight excluding hydrogens is 316 g/mol. The van der Waals surface area contributed by atoms with Crippen LogP contribution in [0.15, 0.2) is 34.0 Å². The van der Waals surface area contributed by atoms with Crippen LogP contribution < -0.4 is 4.72 Å². The number of oxazole rings is 1. The Balaban J connectivity index is 2.06. The predicted molar refractivity (Wildman–Crippen MR) is 84.4 cm³/mol. The lowest BCUT2D eigenvalue weighted by atomic mass is 10.1. The molecule has 0 aliphatic heterocycles. The summed E-state index contributed by atoms with van der Waals surface area (Å²) >= 11 is 0. The molecule has 0 unspecified atom stereocenters. The van der Waals surface area contributed by atoms with Gasteiger partial charge in [0.25, 0.3) is 10.0 Å². The number of rotatable bonds is 4. The van der Waals surface area contributed by atoms with Crippen LogP contribution in [0.3, 0.4) is 0 Å². The van der Waals surface area contributed by atoms with E-state index >= 15 is 0 Å². The first kappa shape index (κ1) is 15.1. The lowest BCUT2D eigenvalue weighted by Crippen LogP contribution is -2.13. The molecule has 1 aromatic carbocycles. The Labute approximate surface area is 133 Å². The molecule has 0 amide bonds. The summed E-state index contributed by atoms with van der Waals surface area (Å²) in [7, 11) is -3.86. The third-order valence-corrected chi connectivity index (χ3v) is 4.74. The van der Waals surface area contributed by atoms with Crippen LogP contribution in [0.1, 0.15) is 23.9 Å². The number of aromatic amines is 1. The molecule has 3 aromatic rings. The molecule has 0 saturated carbocycles. The third kappa shape index (κ3) is 2.55. The number of benzene rings is 1. The van der Waals surface area contributed by atoms with Gasteiger partial charge >= 0.3 is 0 Å². The van der Waals surface area contributed by atoms with Crippen LogP contribution in [0.25, 0.3) is 10.9 Å². The van der Waals surface area contributed by atoms with E-state index in [9.17, 15) is 8.42 Å². The van der Waals surface area contributed by atoms with Crippen LogP contribution in [0.5, 0.6) is 0 Å². The van der Waals surface area contributed by atoms with E-state index in [1.54, 1.807) is 18.3 Å². The molecule has 2 N–H and O–H groups in total. The lowest BCUT2D eigenvalue weighted by Gasteiger charge is -2.08. The summed E-state index contributed by atoms with van der Waals surface area (Å²) in [5.74, 6) is 0.353. The highest BCUT2D eigenvalue weighted by atomic mass is 32.2. The highest BCUT2D eigenvalue weighted by Gasteiger charge is 2.21. The quantitative estimate of drug-likeness (QED) is 0.764. The minimum atomic E-state index is -3.86. The monoisotopic (exact) mass is 330 g/mol. The van der Waals surface area contributed by atoms with E-state index in [4.69, 9.17) is 9.68 Å². The Morgan fingerprint density at radius 1 is 1.43 bits per heavy atom. The summed E-state index contributed by atoms with van der Waals surface area (Å²) in [6.45, 7) is 3.68. The van der Waals surface area contributed by atoms with Gasteiger partial charge in [0, 0.05) is 18.0 Å². The fourth-order valence-electron chi connectivity index (χ4n) is 2.37. The second-order valence-corrected chi connectivity index (χ2v) is 6.66. The zero-order valence-corrected chi connectivity index (χ0v) is 13.4. The fraction of sp³-hybridized carbons (Fsp3) is 0.200. The standard InChI is InChI=1S/C15H14N4O3S/c1-3-12-18-13(8-22-12)23(20,21)19-11-5-4-9(2)14-10(6-16)7-17-15(11)14/h4-5,7-8,17,19H,3H2,1-2H3. The number of fused-ring (bicyclic) bond motifs is 1. The summed E-state index contributed by atoms with van der Waals surface area (Å²) < 4.78 is 32.4. The first-order valence-electron chi connectivity index (χ1n) is 6.94. The molecule has 0 atom stereocenters. The zero-order valence-electron chi connectivity index (χ0n) is 12.5. The minimum Gasteiger partial charge on any atom is -0.448 e. The van der Waals surface area contributed by atoms with Gasteiger partial charge in [-0.25, -0.2) is 4.98 Å². The highest BCUT2D eigenvalue weighted by Crippen LogP contribution is 2.29. The molecule has 0 saturated heterocycles. The predicted octanol–water partition coefficient (Wildman–Crippen LogP) is 2.70. The maximum atomic E-state index is 12.4. The summed E-state index contributed by atoms with van der Waals surface area (Å²) in [5, 5.41) is 9.67. The summed E-state index contributed by atoms with van der Waals surface area (Å²) in [6.07, 6.45) is 3.18. The second kappa shape index (κ2) is 5.44. The number of aryl methyl sites for hydroxylation is 2. The highest BCUT2D eigenvalue weighted by molar-refractivity contribution is 7.92. The number of nitriles is 1. The van der Waals surface area contributed by atoms with Crippen molar-refractivity contribution in [1.82, 2.24) is 9.97 Å². The molecule has 23 heavy (non-hydrogen) atoms. The van der Waals surface area contributed by atoms with Crippen molar-refractivity contribution < 1.29 is 12.8 Å². The molecule has 0 aliphatic carbocycles. The average Bonchev–Trinajstić information content (AvgIpc) is 3.16. The van der Waals surface area contributed by atoms with Crippen LogP contribution in [0.2, 0.25) is 0 Å². The Morgan fingerprint density at radius 3 is 2.87 bits per heavy atom. The Kier molecular flexibility index (Phi) is 3.58. The van der Waals surface area contributed by atoms with Crippen molar-refractivity contribution in [3.8, 4) is 6.07 Å². The first-order chi connectivity index (χ1) is 11.0. The van der Waals surface area contributed by atoms with Gasteiger partial charge in [-0.15, -0.1) is 0 Å². The maximum Gasteiger partial charge on any atom is 0.282 e. The number of hydrogen-bond donors (Lipinski definition) is 2. The molecule has 7 nitrogen and oxygen atoms in total. The Bertz CT molecular complexity index is 1020. The molecule has 2 heterocycles. The molecule has 3 rings (SSSR count). The molecule has 118 valence electrons. The smallest absolute Gasteiger partial charge is 0.282 e. The van der Waals surface area contributed by atoms with E-state index in [1.165, 1.54) is 0 Å². The van der Waals surface area contributed by atoms with Gasteiger partial charge in [0.1, 0.15) is 12.3 Å². The van der Waals surface area contributed by atoms with Crippen LogP contribution in [-0.4, -0.2) is 18.4 Å². The van der Waals surface area contributed by atoms with E-state index in [-0.39, 0.29) is 5.03 Å². The number of hydrogen-bond acceptors (Lipinski definition) is 5. The van der Waals surface area contributed by atoms with Crippen LogP contribution in [0, 0.1) is 18.3 Å². The third-order valence-electron chi connectivity index (χ3n) is 3.52. The normalized spacial score (nSPS) is 11.5. The second-order valence-electron chi connectivity index (χ2n) is 5.03. The van der Waals surface area contributed by atoms with Gasteiger partial charge in [-0.1, -0.05) is 13.0 Å². The van der Waals surface area contributed by atoms with Gasteiger partial charge in [-0.05, 0) is 18.6 Å². The van der Waals surface area contributed by atoms with Gasteiger partial charge in [-0.3, -0.25) is 4.72 Å². The van der Waals surface area contributed by atoms with Gasteiger partial charge in [-0.2, -0.15) is 13.7 Å². The van der Waals surface area contributed by atoms with E-state index < -0.39 is 10.0 Å². The van der Waals surface area contributed by atoms with Crippen molar-refractivity contribution >= 4 is 26.6 Å². The molecule has 0 fully saturated rings. The molecule has 0 spiro atoms. The SMILES string of the molecule is CCc1nc(S(=O)(=O)Nc2ccc(C)c3c(C#N)c[nH]c23)co1. The first-order valence-corrected chi connectivity index (χ1v) is 8.42. The van der Waals surface area contributed by atoms with E-state index in [2.05, 4.69) is 20.8 Å². The van der Waals surface area contributed by atoms with E-state index in [0.717, 1.165) is 11.8 Å².